The third kappa shape index (κ3) is 3.36. The van der Waals surface area contributed by atoms with Gasteiger partial charge in [0.25, 0.3) is 0 Å². The largest absolute Gasteiger partial charge is 0.336 e. The van der Waals surface area contributed by atoms with Gasteiger partial charge in [0.1, 0.15) is 12.3 Å². The van der Waals surface area contributed by atoms with E-state index in [-0.39, 0.29) is 12.3 Å². The van der Waals surface area contributed by atoms with Crippen LogP contribution >= 0.6 is 11.3 Å². The molecular formula is C33H24N4S. The van der Waals surface area contributed by atoms with E-state index in [2.05, 4.69) is 130 Å². The molecule has 5 heteroatoms. The van der Waals surface area contributed by atoms with E-state index in [9.17, 15) is 0 Å². The molecule has 1 aliphatic rings. The molecule has 182 valence electrons. The first-order valence-corrected chi connectivity index (χ1v) is 13.7. The fourth-order valence-electron chi connectivity index (χ4n) is 5.69. The van der Waals surface area contributed by atoms with Crippen LogP contribution in [0.1, 0.15) is 23.5 Å². The Morgan fingerprint density at radius 2 is 1.26 bits per heavy atom. The molecule has 0 fully saturated rings. The van der Waals surface area contributed by atoms with Gasteiger partial charge in [-0.1, -0.05) is 97.1 Å². The minimum atomic E-state index is -0.179. The Morgan fingerprint density at radius 1 is 0.579 bits per heavy atom. The third-order valence-corrected chi connectivity index (χ3v) is 8.61. The molecule has 0 aliphatic carbocycles. The van der Waals surface area contributed by atoms with Crippen molar-refractivity contribution < 1.29 is 0 Å². The van der Waals surface area contributed by atoms with Gasteiger partial charge in [-0.3, -0.25) is 9.88 Å². The van der Waals surface area contributed by atoms with Crippen LogP contribution in [0.15, 0.2) is 126 Å². The molecule has 5 aromatic carbocycles. The van der Waals surface area contributed by atoms with E-state index >= 15 is 0 Å². The maximum Gasteiger partial charge on any atom is 0.206 e. The lowest BCUT2D eigenvalue weighted by Crippen LogP contribution is -2.47. The number of para-hydroxylation sites is 1. The average Bonchev–Trinajstić information content (AvgIpc) is 3.51. The number of benzene rings is 5. The van der Waals surface area contributed by atoms with Gasteiger partial charge in [0.05, 0.1) is 11.0 Å². The number of thiophene rings is 1. The first-order chi connectivity index (χ1) is 18.8. The number of fused-ring (bicyclic) bond motifs is 6. The van der Waals surface area contributed by atoms with Crippen molar-refractivity contribution in [3.8, 4) is 0 Å². The van der Waals surface area contributed by atoms with E-state index in [1.165, 1.54) is 36.5 Å². The minimum absolute atomic E-state index is 0.0850. The van der Waals surface area contributed by atoms with Crippen molar-refractivity contribution in [1.29, 1.82) is 0 Å². The standard InChI is InChI=1S/C33H24N4S/c1-3-11-21(12-4-1)31-34-32(22-13-5-2-6-14-22)36-33(35-31)37-27-17-9-7-15-23(27)25-19-26-24-16-8-10-18-29(24)38-30(26)20-28(25)37/h1-20,31-32,34H,(H,35,36). The Balaban J connectivity index is 1.39. The molecule has 38 heavy (non-hydrogen) atoms. The molecule has 0 radical (unpaired) electrons. The van der Waals surface area contributed by atoms with Gasteiger partial charge in [0.15, 0.2) is 0 Å². The summed E-state index contributed by atoms with van der Waals surface area (Å²) >= 11 is 1.85. The first kappa shape index (κ1) is 21.6. The Kier molecular flexibility index (Phi) is 4.87. The summed E-state index contributed by atoms with van der Waals surface area (Å²) in [5.41, 5.74) is 4.63. The molecule has 0 saturated carbocycles. The predicted octanol–water partition coefficient (Wildman–Crippen LogP) is 7.96. The highest BCUT2D eigenvalue weighted by molar-refractivity contribution is 7.25. The van der Waals surface area contributed by atoms with Crippen molar-refractivity contribution in [2.75, 3.05) is 0 Å². The SMILES string of the molecule is c1ccc(C2N=C(n3c4ccccc4c4cc5c(cc43)sc3ccccc35)NC(c3ccccc3)N2)cc1. The van der Waals surface area contributed by atoms with Gasteiger partial charge in [0.2, 0.25) is 5.96 Å². The monoisotopic (exact) mass is 508 g/mol. The molecule has 0 spiro atoms. The van der Waals surface area contributed by atoms with E-state index in [0.717, 1.165) is 22.6 Å². The molecule has 0 bridgehead atoms. The fraction of sp³-hybridized carbons (Fsp3) is 0.0606. The second-order valence-corrected chi connectivity index (χ2v) is 10.8. The molecule has 1 aliphatic heterocycles. The van der Waals surface area contributed by atoms with Gasteiger partial charge < -0.3 is 5.32 Å². The normalized spacial score (nSPS) is 17.7. The second kappa shape index (κ2) is 8.55. The van der Waals surface area contributed by atoms with Crippen LogP contribution in [-0.4, -0.2) is 10.5 Å². The molecule has 2 atom stereocenters. The average molecular weight is 509 g/mol. The summed E-state index contributed by atoms with van der Waals surface area (Å²) < 4.78 is 4.91. The highest BCUT2D eigenvalue weighted by Gasteiger charge is 2.27. The van der Waals surface area contributed by atoms with Gasteiger partial charge in [-0.25, -0.2) is 4.99 Å². The summed E-state index contributed by atoms with van der Waals surface area (Å²) in [5, 5.41) is 12.5. The smallest absolute Gasteiger partial charge is 0.206 e. The Morgan fingerprint density at radius 3 is 2.08 bits per heavy atom. The summed E-state index contributed by atoms with van der Waals surface area (Å²) in [6.07, 6.45) is -0.264. The number of nitrogens with one attached hydrogen (secondary N) is 2. The van der Waals surface area contributed by atoms with E-state index in [1.807, 2.05) is 17.4 Å². The summed E-state index contributed by atoms with van der Waals surface area (Å²) in [5.74, 6) is 0.845. The van der Waals surface area contributed by atoms with E-state index in [0.29, 0.717) is 0 Å². The molecule has 3 heterocycles. The quantitative estimate of drug-likeness (QED) is 0.249. The highest BCUT2D eigenvalue weighted by atomic mass is 32.1. The maximum atomic E-state index is 5.25. The van der Waals surface area contributed by atoms with Crippen molar-refractivity contribution in [1.82, 2.24) is 15.2 Å². The molecular weight excluding hydrogens is 484 g/mol. The van der Waals surface area contributed by atoms with Crippen molar-refractivity contribution in [3.63, 3.8) is 0 Å². The van der Waals surface area contributed by atoms with Crippen molar-refractivity contribution in [2.45, 2.75) is 12.3 Å². The lowest BCUT2D eigenvalue weighted by molar-refractivity contribution is 0.403. The van der Waals surface area contributed by atoms with E-state index in [4.69, 9.17) is 4.99 Å². The number of hydrogen-bond acceptors (Lipinski definition) is 4. The molecule has 0 amide bonds. The zero-order chi connectivity index (χ0) is 25.1. The van der Waals surface area contributed by atoms with Crippen LogP contribution in [0, 0.1) is 0 Å². The van der Waals surface area contributed by atoms with Crippen LogP contribution in [-0.2, 0) is 0 Å². The summed E-state index contributed by atoms with van der Waals surface area (Å²) in [4.78, 5) is 5.25. The predicted molar refractivity (Wildman–Crippen MR) is 160 cm³/mol. The van der Waals surface area contributed by atoms with Gasteiger partial charge >= 0.3 is 0 Å². The van der Waals surface area contributed by atoms with E-state index in [1.54, 1.807) is 0 Å². The third-order valence-electron chi connectivity index (χ3n) is 7.48. The van der Waals surface area contributed by atoms with Gasteiger partial charge in [0, 0.05) is 30.9 Å². The van der Waals surface area contributed by atoms with Crippen LogP contribution in [0.25, 0.3) is 42.0 Å². The van der Waals surface area contributed by atoms with Crippen molar-refractivity contribution in [3.05, 3.63) is 132 Å². The van der Waals surface area contributed by atoms with Gasteiger partial charge in [-0.2, -0.15) is 0 Å². The number of rotatable bonds is 2. The van der Waals surface area contributed by atoms with Crippen LogP contribution in [0.4, 0.5) is 0 Å². The Bertz CT molecular complexity index is 1990. The fourth-order valence-corrected chi connectivity index (χ4v) is 6.82. The van der Waals surface area contributed by atoms with Crippen molar-refractivity contribution >= 4 is 59.3 Å². The zero-order valence-electron chi connectivity index (χ0n) is 20.5. The lowest BCUT2D eigenvalue weighted by Gasteiger charge is -2.32. The number of aliphatic imine (C=N–C) groups is 1. The molecule has 7 aromatic rings. The number of hydrogen-bond donors (Lipinski definition) is 2. The first-order valence-electron chi connectivity index (χ1n) is 12.9. The molecule has 2 N–H and O–H groups in total. The lowest BCUT2D eigenvalue weighted by atomic mass is 10.1. The summed E-state index contributed by atoms with van der Waals surface area (Å²) in [7, 11) is 0. The number of aromatic nitrogens is 1. The zero-order valence-corrected chi connectivity index (χ0v) is 21.3. The summed E-state index contributed by atoms with van der Waals surface area (Å²) in [6, 6.07) is 43.1. The maximum absolute atomic E-state index is 5.25. The topological polar surface area (TPSA) is 41.4 Å². The minimum Gasteiger partial charge on any atom is -0.336 e. The van der Waals surface area contributed by atoms with Crippen molar-refractivity contribution in [2.24, 2.45) is 4.99 Å². The second-order valence-electron chi connectivity index (χ2n) is 9.74. The molecule has 2 unspecified atom stereocenters. The van der Waals surface area contributed by atoms with Crippen LogP contribution in [0.2, 0.25) is 0 Å². The van der Waals surface area contributed by atoms with Gasteiger partial charge in [-0.15, -0.1) is 11.3 Å². The van der Waals surface area contributed by atoms with Crippen LogP contribution < -0.4 is 10.6 Å². The van der Waals surface area contributed by atoms with E-state index < -0.39 is 0 Å². The highest BCUT2D eigenvalue weighted by Crippen LogP contribution is 2.39. The number of nitrogens with zero attached hydrogens (tertiary/aromatic N) is 2. The molecule has 0 saturated heterocycles. The van der Waals surface area contributed by atoms with Crippen LogP contribution in [0.5, 0.6) is 0 Å². The Hall–Kier alpha value is -4.45. The molecule has 8 rings (SSSR count). The molecule has 4 nitrogen and oxygen atoms in total. The van der Waals surface area contributed by atoms with Gasteiger partial charge in [-0.05, 0) is 35.4 Å². The molecule has 2 aromatic heterocycles. The Labute approximate surface area is 223 Å². The summed E-state index contributed by atoms with van der Waals surface area (Å²) in [6.45, 7) is 0. The van der Waals surface area contributed by atoms with Crippen LogP contribution in [0.3, 0.4) is 0 Å².